The largest absolute Gasteiger partial charge is 0.369 e. The molecule has 0 aromatic heterocycles. The van der Waals surface area contributed by atoms with Crippen molar-refractivity contribution in [2.45, 2.75) is 96.1 Å². The van der Waals surface area contributed by atoms with Gasteiger partial charge in [0.25, 0.3) is 0 Å². The molecule has 0 fully saturated rings. The van der Waals surface area contributed by atoms with E-state index >= 15 is 0 Å². The first-order chi connectivity index (χ1) is 17.7. The fourth-order valence-electron chi connectivity index (χ4n) is 3.77. The lowest BCUT2D eigenvalue weighted by molar-refractivity contribution is -0.120. The number of amides is 2. The van der Waals surface area contributed by atoms with Crippen LogP contribution >= 0.6 is 0 Å². The van der Waals surface area contributed by atoms with Crippen LogP contribution < -0.4 is 10.6 Å². The number of primary amides is 1. The Hall–Kier alpha value is -2.88. The number of hydrogen-bond donors (Lipinski definition) is 1. The second kappa shape index (κ2) is 16.9. The second-order valence-corrected chi connectivity index (χ2v) is 11.5. The van der Waals surface area contributed by atoms with Gasteiger partial charge in [-0.2, -0.15) is 0 Å². The van der Waals surface area contributed by atoms with Crippen molar-refractivity contribution in [2.24, 2.45) is 28.9 Å². The van der Waals surface area contributed by atoms with Crippen LogP contribution in [0, 0.1) is 23.2 Å². The number of nitrogens with zero attached hydrogens (tertiary/aromatic N) is 1. The number of benzene rings is 2. The van der Waals surface area contributed by atoms with E-state index in [4.69, 9.17) is 5.73 Å². The molecule has 0 spiro atoms. The fraction of sp³-hybridized carbons (Fsp3) is 0.529. The zero-order valence-electron chi connectivity index (χ0n) is 26.2. The lowest BCUT2D eigenvalue weighted by atomic mass is 9.79. The van der Waals surface area contributed by atoms with Crippen molar-refractivity contribution < 1.29 is 9.59 Å². The van der Waals surface area contributed by atoms with E-state index in [1.54, 1.807) is 13.8 Å². The van der Waals surface area contributed by atoms with Gasteiger partial charge in [0.2, 0.25) is 12.3 Å². The number of anilines is 1. The third kappa shape index (κ3) is 10.8. The molecule has 0 aliphatic carbocycles. The number of nitrogens with two attached hydrogens (primary N) is 1. The highest BCUT2D eigenvalue weighted by Crippen LogP contribution is 2.43. The number of hydrogen-bond acceptors (Lipinski definition) is 2. The molecule has 0 saturated heterocycles. The van der Waals surface area contributed by atoms with Gasteiger partial charge in [0.1, 0.15) is 0 Å². The number of fused-ring (bicyclic) bond motifs is 2. The maximum Gasteiger partial charge on any atom is 0.219 e. The third-order valence-electron chi connectivity index (χ3n) is 6.35. The quantitative estimate of drug-likeness (QED) is 0.407. The first-order valence-corrected chi connectivity index (χ1v) is 14.2. The Bertz CT molecular complexity index is 1030. The van der Waals surface area contributed by atoms with Gasteiger partial charge in [-0.3, -0.25) is 9.59 Å². The van der Waals surface area contributed by atoms with Crippen molar-refractivity contribution in [3.63, 3.8) is 0 Å². The van der Waals surface area contributed by atoms with Gasteiger partial charge in [-0.05, 0) is 45.6 Å². The molecule has 0 unspecified atom stereocenters. The Morgan fingerprint density at radius 3 is 1.66 bits per heavy atom. The van der Waals surface area contributed by atoms with Gasteiger partial charge in [-0.25, -0.2) is 0 Å². The SMILES string of the molecule is CC.CC(C)/C1=C(\C(C)C)c2ccccc2N(C=O)Cc2ccccc21.CC(C)C(N)=O.CCC(C)(C)C. The van der Waals surface area contributed by atoms with Gasteiger partial charge >= 0.3 is 0 Å². The van der Waals surface area contributed by atoms with E-state index < -0.39 is 0 Å². The molecule has 38 heavy (non-hydrogen) atoms. The monoisotopic (exact) mass is 522 g/mol. The van der Waals surface area contributed by atoms with Crippen molar-refractivity contribution in [1.29, 1.82) is 0 Å². The number of carbonyl (C=O) groups excluding carboxylic acids is 2. The molecule has 2 aromatic carbocycles. The molecular weight excluding hydrogens is 468 g/mol. The van der Waals surface area contributed by atoms with Gasteiger partial charge < -0.3 is 10.6 Å². The molecule has 0 saturated carbocycles. The van der Waals surface area contributed by atoms with Crippen LogP contribution in [0.2, 0.25) is 0 Å². The molecule has 0 atom stereocenters. The van der Waals surface area contributed by atoms with Crippen LogP contribution in [0.4, 0.5) is 5.69 Å². The molecule has 2 amide bonds. The third-order valence-corrected chi connectivity index (χ3v) is 6.35. The van der Waals surface area contributed by atoms with Crippen molar-refractivity contribution in [3.8, 4) is 0 Å². The van der Waals surface area contributed by atoms with E-state index in [1.165, 1.54) is 34.3 Å². The van der Waals surface area contributed by atoms with Crippen molar-refractivity contribution in [3.05, 3.63) is 65.2 Å². The zero-order chi connectivity index (χ0) is 29.6. The maximum atomic E-state index is 11.8. The molecule has 3 rings (SSSR count). The molecular formula is C34H54N2O2. The van der Waals surface area contributed by atoms with Crippen LogP contribution in [0.1, 0.15) is 106 Å². The van der Waals surface area contributed by atoms with E-state index in [-0.39, 0.29) is 11.8 Å². The molecule has 4 heteroatoms. The number of carbonyl (C=O) groups is 2. The summed E-state index contributed by atoms with van der Waals surface area (Å²) in [6.07, 6.45) is 2.22. The van der Waals surface area contributed by atoms with Crippen molar-refractivity contribution >= 4 is 29.2 Å². The lowest BCUT2D eigenvalue weighted by Gasteiger charge is -2.31. The summed E-state index contributed by atoms with van der Waals surface area (Å²) in [4.78, 5) is 23.5. The minimum Gasteiger partial charge on any atom is -0.369 e. The highest BCUT2D eigenvalue weighted by Gasteiger charge is 2.26. The molecule has 2 aromatic rings. The van der Waals surface area contributed by atoms with Crippen LogP contribution in [-0.2, 0) is 16.1 Å². The molecule has 0 radical (unpaired) electrons. The van der Waals surface area contributed by atoms with Crippen LogP contribution in [-0.4, -0.2) is 12.3 Å². The predicted molar refractivity (Wildman–Crippen MR) is 167 cm³/mol. The zero-order valence-corrected chi connectivity index (χ0v) is 26.2. The Labute approximate surface area is 233 Å². The van der Waals surface area contributed by atoms with Crippen LogP contribution in [0.15, 0.2) is 48.5 Å². The number of rotatable bonds is 4. The normalized spacial score (nSPS) is 14.4. The van der Waals surface area contributed by atoms with E-state index in [1.807, 2.05) is 24.8 Å². The molecule has 1 aliphatic rings. The summed E-state index contributed by atoms with van der Waals surface area (Å²) in [5.74, 6) is 0.544. The fourth-order valence-corrected chi connectivity index (χ4v) is 3.77. The Balaban J connectivity index is 0.000000813. The molecule has 1 aliphatic heterocycles. The Morgan fingerprint density at radius 1 is 0.868 bits per heavy atom. The van der Waals surface area contributed by atoms with E-state index in [0.717, 1.165) is 12.1 Å². The van der Waals surface area contributed by atoms with Crippen LogP contribution in [0.25, 0.3) is 11.1 Å². The first kappa shape index (κ1) is 35.1. The summed E-state index contributed by atoms with van der Waals surface area (Å²) in [7, 11) is 0. The summed E-state index contributed by atoms with van der Waals surface area (Å²) in [5, 5.41) is 0. The van der Waals surface area contributed by atoms with Gasteiger partial charge in [0.15, 0.2) is 0 Å². The van der Waals surface area contributed by atoms with Gasteiger partial charge in [0.05, 0.1) is 12.2 Å². The summed E-state index contributed by atoms with van der Waals surface area (Å²) < 4.78 is 0. The van der Waals surface area contributed by atoms with E-state index in [0.29, 0.717) is 23.8 Å². The lowest BCUT2D eigenvalue weighted by Crippen LogP contribution is -2.24. The highest BCUT2D eigenvalue weighted by atomic mass is 16.1. The van der Waals surface area contributed by atoms with Crippen molar-refractivity contribution in [2.75, 3.05) is 4.90 Å². The molecule has 1 heterocycles. The van der Waals surface area contributed by atoms with Crippen LogP contribution in [0.3, 0.4) is 0 Å². The average Bonchev–Trinajstić information content (AvgIpc) is 2.86. The molecule has 212 valence electrons. The first-order valence-electron chi connectivity index (χ1n) is 14.2. The topological polar surface area (TPSA) is 63.4 Å². The number of allylic oxidation sites excluding steroid dienone is 2. The Morgan fingerprint density at radius 2 is 1.26 bits per heavy atom. The smallest absolute Gasteiger partial charge is 0.219 e. The summed E-state index contributed by atoms with van der Waals surface area (Å²) in [5.41, 5.74) is 12.8. The van der Waals surface area contributed by atoms with Crippen molar-refractivity contribution in [1.82, 2.24) is 0 Å². The predicted octanol–water partition coefficient (Wildman–Crippen LogP) is 8.98. The minimum atomic E-state index is -0.241. The average molecular weight is 523 g/mol. The van der Waals surface area contributed by atoms with Gasteiger partial charge in [-0.15, -0.1) is 0 Å². The summed E-state index contributed by atoms with van der Waals surface area (Å²) in [6, 6.07) is 16.8. The minimum absolute atomic E-state index is 0.00926. The number of para-hydroxylation sites is 1. The van der Waals surface area contributed by atoms with Gasteiger partial charge in [0, 0.05) is 11.5 Å². The molecule has 4 nitrogen and oxygen atoms in total. The Kier molecular flexibility index (Phi) is 15.6. The van der Waals surface area contributed by atoms with E-state index in [2.05, 4.69) is 97.9 Å². The standard InChI is InChI=1S/C22H25NO.C6H14.C4H9NO.C2H6/c1-15(2)21-18-10-6-5-9-17(18)13-23(14-24)20-12-8-7-11-19(20)22(21)16(3)4;1-5-6(2,3)4;1-3(2)4(5)6;1-2/h5-12,14-16H,13H2,1-4H3;5H2,1-4H3;3H,1-2H3,(H2,5,6);1-2H3/b22-21-;;;. The van der Waals surface area contributed by atoms with Crippen LogP contribution in [0.5, 0.6) is 0 Å². The van der Waals surface area contributed by atoms with Gasteiger partial charge in [-0.1, -0.05) is 132 Å². The summed E-state index contributed by atoms with van der Waals surface area (Å²) >= 11 is 0. The molecule has 2 N–H and O–H groups in total. The van der Waals surface area contributed by atoms with E-state index in [9.17, 15) is 9.59 Å². The molecule has 0 bridgehead atoms. The summed E-state index contributed by atoms with van der Waals surface area (Å²) in [6.45, 7) is 26.1. The maximum absolute atomic E-state index is 11.8. The second-order valence-electron chi connectivity index (χ2n) is 11.5. The highest BCUT2D eigenvalue weighted by molar-refractivity contribution is 5.99.